The Morgan fingerprint density at radius 3 is 2.67 bits per heavy atom. The van der Waals surface area contributed by atoms with Crippen LogP contribution in [0.15, 0.2) is 35.5 Å². The molecule has 0 aliphatic carbocycles. The van der Waals surface area contributed by atoms with Crippen LogP contribution >= 0.6 is 0 Å². The molecule has 0 saturated heterocycles. The lowest BCUT2D eigenvalue weighted by Crippen LogP contribution is -2.28. The number of hydrogen-bond acceptors (Lipinski definition) is 5. The van der Waals surface area contributed by atoms with E-state index in [1.807, 2.05) is 0 Å². The first-order valence-electron chi connectivity index (χ1n) is 5.96. The van der Waals surface area contributed by atoms with E-state index in [1.54, 1.807) is 6.20 Å². The molecule has 0 radical (unpaired) electrons. The van der Waals surface area contributed by atoms with Crippen molar-refractivity contribution < 1.29 is 13.2 Å². The minimum absolute atomic E-state index is 0.0300. The fourth-order valence-corrected chi connectivity index (χ4v) is 3.01. The number of carbonyl (C=O) groups excluding carboxylic acids is 1. The van der Waals surface area contributed by atoms with E-state index >= 15 is 0 Å². The van der Waals surface area contributed by atoms with Gasteiger partial charge in [0.05, 0.1) is 12.2 Å². The van der Waals surface area contributed by atoms with E-state index < -0.39 is 15.9 Å². The number of aromatic nitrogens is 2. The number of hydrogen-bond donors (Lipinski definition) is 3. The van der Waals surface area contributed by atoms with Gasteiger partial charge in [-0.1, -0.05) is 0 Å². The van der Waals surface area contributed by atoms with Gasteiger partial charge in [-0.25, -0.2) is 13.4 Å². The Bertz CT molecular complexity index is 755. The first-order valence-corrected chi connectivity index (χ1v) is 7.40. The molecule has 0 aliphatic rings. The summed E-state index contributed by atoms with van der Waals surface area (Å²) in [6, 6.07) is 3.84. The van der Waals surface area contributed by atoms with Crippen molar-refractivity contribution in [3.8, 4) is 0 Å². The molecule has 21 heavy (non-hydrogen) atoms. The average Bonchev–Trinajstić information content (AvgIpc) is 2.90. The molecule has 1 amide bonds. The van der Waals surface area contributed by atoms with Gasteiger partial charge in [-0.05, 0) is 18.2 Å². The number of nitrogens with zero attached hydrogens (tertiary/aromatic N) is 2. The van der Waals surface area contributed by atoms with E-state index in [1.165, 1.54) is 31.4 Å². The number of anilines is 1. The van der Waals surface area contributed by atoms with Crippen molar-refractivity contribution in [1.29, 1.82) is 0 Å². The number of benzene rings is 1. The number of primary amides is 1. The second-order valence-corrected chi connectivity index (χ2v) is 6.43. The molecule has 0 atom stereocenters. The van der Waals surface area contributed by atoms with Crippen LogP contribution in [0.4, 0.5) is 5.69 Å². The molecule has 0 unspecified atom stereocenters. The standard InChI is InChI=1S/C12H15N5O3S/c1-17(7-11-15-4-5-16-11)21(19,20)10-3-2-8(12(14)18)6-9(10)13/h2-6H,7,13H2,1H3,(H2,14,18)(H,15,16). The molecule has 1 aromatic carbocycles. The highest BCUT2D eigenvalue weighted by molar-refractivity contribution is 7.89. The van der Waals surface area contributed by atoms with E-state index in [4.69, 9.17) is 11.5 Å². The predicted molar refractivity (Wildman–Crippen MR) is 76.6 cm³/mol. The summed E-state index contributed by atoms with van der Waals surface area (Å²) in [5, 5.41) is 0. The quantitative estimate of drug-likeness (QED) is 0.663. The van der Waals surface area contributed by atoms with Crippen LogP contribution in [0.3, 0.4) is 0 Å². The molecule has 0 bridgehead atoms. The van der Waals surface area contributed by atoms with Crippen molar-refractivity contribution in [2.24, 2.45) is 5.73 Å². The highest BCUT2D eigenvalue weighted by Crippen LogP contribution is 2.23. The van der Waals surface area contributed by atoms with Crippen LogP contribution in [-0.4, -0.2) is 35.6 Å². The molecular formula is C12H15N5O3S. The summed E-state index contributed by atoms with van der Waals surface area (Å²) < 4.78 is 26.0. The van der Waals surface area contributed by atoms with Gasteiger partial charge in [0.2, 0.25) is 15.9 Å². The van der Waals surface area contributed by atoms with Gasteiger partial charge in [0.25, 0.3) is 0 Å². The maximum Gasteiger partial charge on any atom is 0.248 e. The molecule has 2 rings (SSSR count). The average molecular weight is 309 g/mol. The van der Waals surface area contributed by atoms with Crippen molar-refractivity contribution in [3.63, 3.8) is 0 Å². The zero-order valence-electron chi connectivity index (χ0n) is 11.3. The van der Waals surface area contributed by atoms with Crippen molar-refractivity contribution in [2.75, 3.05) is 12.8 Å². The predicted octanol–water partition coefficient (Wildman–Crippen LogP) is -0.0885. The summed E-state index contributed by atoms with van der Waals surface area (Å²) >= 11 is 0. The van der Waals surface area contributed by atoms with Gasteiger partial charge in [-0.15, -0.1) is 0 Å². The third-order valence-corrected chi connectivity index (χ3v) is 4.79. The Kier molecular flexibility index (Phi) is 3.96. The van der Waals surface area contributed by atoms with Crippen LogP contribution in [0.25, 0.3) is 0 Å². The summed E-state index contributed by atoms with van der Waals surface area (Å²) in [5.74, 6) is -0.164. The second-order valence-electron chi connectivity index (χ2n) is 4.41. The number of amides is 1. The van der Waals surface area contributed by atoms with Gasteiger partial charge in [-0.3, -0.25) is 4.79 Å². The highest BCUT2D eigenvalue weighted by Gasteiger charge is 2.24. The molecular weight excluding hydrogens is 294 g/mol. The topological polar surface area (TPSA) is 135 Å². The Hall–Kier alpha value is -2.39. The summed E-state index contributed by atoms with van der Waals surface area (Å²) in [6.07, 6.45) is 3.14. The van der Waals surface area contributed by atoms with Gasteiger partial charge in [0, 0.05) is 25.0 Å². The number of nitrogens with two attached hydrogens (primary N) is 2. The molecule has 8 nitrogen and oxygen atoms in total. The SMILES string of the molecule is CN(Cc1ncc[nH]1)S(=O)(=O)c1ccc(C(N)=O)cc1N. The lowest BCUT2D eigenvalue weighted by Gasteiger charge is -2.17. The molecule has 0 saturated carbocycles. The van der Waals surface area contributed by atoms with E-state index in [0.29, 0.717) is 5.82 Å². The number of nitrogens with one attached hydrogen (secondary N) is 1. The molecule has 0 aliphatic heterocycles. The van der Waals surface area contributed by atoms with Crippen molar-refractivity contribution in [2.45, 2.75) is 11.4 Å². The van der Waals surface area contributed by atoms with Crippen LogP contribution in [-0.2, 0) is 16.6 Å². The van der Waals surface area contributed by atoms with Crippen molar-refractivity contribution >= 4 is 21.6 Å². The summed E-state index contributed by atoms with van der Waals surface area (Å²) in [7, 11) is -2.38. The third kappa shape index (κ3) is 3.03. The Morgan fingerprint density at radius 1 is 1.43 bits per heavy atom. The maximum atomic E-state index is 12.4. The van der Waals surface area contributed by atoms with E-state index in [-0.39, 0.29) is 22.7 Å². The fourth-order valence-electron chi connectivity index (χ4n) is 1.78. The largest absolute Gasteiger partial charge is 0.398 e. The number of nitrogen functional groups attached to an aromatic ring is 1. The first kappa shape index (κ1) is 15.0. The molecule has 0 spiro atoms. The van der Waals surface area contributed by atoms with Gasteiger partial charge in [0.1, 0.15) is 10.7 Å². The summed E-state index contributed by atoms with van der Waals surface area (Å²) in [5.41, 5.74) is 11.0. The van der Waals surface area contributed by atoms with Crippen LogP contribution in [0.1, 0.15) is 16.2 Å². The van der Waals surface area contributed by atoms with Crippen LogP contribution < -0.4 is 11.5 Å². The lowest BCUT2D eigenvalue weighted by molar-refractivity contribution is 0.1000. The van der Waals surface area contributed by atoms with Crippen LogP contribution in [0.2, 0.25) is 0 Å². The smallest absolute Gasteiger partial charge is 0.248 e. The monoisotopic (exact) mass is 309 g/mol. The number of sulfonamides is 1. The Balaban J connectivity index is 2.33. The number of imidazole rings is 1. The first-order chi connectivity index (χ1) is 9.82. The molecule has 0 fully saturated rings. The normalized spacial score (nSPS) is 11.7. The molecule has 1 heterocycles. The van der Waals surface area contributed by atoms with E-state index in [2.05, 4.69) is 9.97 Å². The van der Waals surface area contributed by atoms with Gasteiger partial charge >= 0.3 is 0 Å². The van der Waals surface area contributed by atoms with E-state index in [9.17, 15) is 13.2 Å². The Morgan fingerprint density at radius 2 is 2.14 bits per heavy atom. The van der Waals surface area contributed by atoms with Crippen molar-refractivity contribution in [1.82, 2.24) is 14.3 Å². The summed E-state index contributed by atoms with van der Waals surface area (Å²) in [6.45, 7) is 0.0757. The minimum atomic E-state index is -3.79. The minimum Gasteiger partial charge on any atom is -0.398 e. The zero-order chi connectivity index (χ0) is 15.6. The van der Waals surface area contributed by atoms with Crippen LogP contribution in [0.5, 0.6) is 0 Å². The molecule has 112 valence electrons. The zero-order valence-corrected chi connectivity index (χ0v) is 12.1. The number of H-pyrrole nitrogens is 1. The lowest BCUT2D eigenvalue weighted by atomic mass is 10.2. The van der Waals surface area contributed by atoms with Crippen molar-refractivity contribution in [3.05, 3.63) is 42.0 Å². The fraction of sp³-hybridized carbons (Fsp3) is 0.167. The molecule has 2 aromatic rings. The highest BCUT2D eigenvalue weighted by atomic mass is 32.2. The molecule has 9 heteroatoms. The summed E-state index contributed by atoms with van der Waals surface area (Å²) in [4.78, 5) is 17.8. The molecule has 5 N–H and O–H groups in total. The van der Waals surface area contributed by atoms with Crippen LogP contribution in [0, 0.1) is 0 Å². The number of carbonyl (C=O) groups is 1. The van der Waals surface area contributed by atoms with Gasteiger partial charge in [0.15, 0.2) is 0 Å². The number of aromatic amines is 1. The maximum absolute atomic E-state index is 12.4. The Labute approximate surface area is 121 Å². The second kappa shape index (κ2) is 5.54. The molecule has 1 aromatic heterocycles. The number of rotatable bonds is 5. The van der Waals surface area contributed by atoms with Gasteiger partial charge in [-0.2, -0.15) is 4.31 Å². The third-order valence-electron chi connectivity index (χ3n) is 2.91. The van der Waals surface area contributed by atoms with Gasteiger partial charge < -0.3 is 16.5 Å². The van der Waals surface area contributed by atoms with E-state index in [0.717, 1.165) is 4.31 Å².